The lowest BCUT2D eigenvalue weighted by atomic mass is 10.0. The Bertz CT molecular complexity index is 806. The van der Waals surface area contributed by atoms with Gasteiger partial charge in [0.05, 0.1) is 5.52 Å². The number of benzene rings is 1. The van der Waals surface area contributed by atoms with Crippen molar-refractivity contribution in [1.82, 2.24) is 4.98 Å². The number of rotatable bonds is 7. The van der Waals surface area contributed by atoms with Crippen LogP contribution in [0.3, 0.4) is 0 Å². The predicted molar refractivity (Wildman–Crippen MR) is 103 cm³/mol. The lowest BCUT2D eigenvalue weighted by molar-refractivity contribution is -0.351. The van der Waals surface area contributed by atoms with E-state index in [1.165, 1.54) is 12.0 Å². The van der Waals surface area contributed by atoms with Crippen LogP contribution >= 0.6 is 0 Å². The molecule has 1 heterocycles. The van der Waals surface area contributed by atoms with Crippen LogP contribution in [0.1, 0.15) is 56.2 Å². The van der Waals surface area contributed by atoms with Gasteiger partial charge in [0.15, 0.2) is 0 Å². The fourth-order valence-corrected chi connectivity index (χ4v) is 3.78. The zero-order valence-electron chi connectivity index (χ0n) is 15.9. The number of unbranched alkanes of at least 4 members (excludes halogenated alkanes) is 2. The summed E-state index contributed by atoms with van der Waals surface area (Å²) in [6.45, 7) is 0.621. The molecule has 1 aromatic carbocycles. The Labute approximate surface area is 162 Å². The van der Waals surface area contributed by atoms with E-state index in [1.54, 1.807) is 0 Å². The Balaban J connectivity index is 1.62. The van der Waals surface area contributed by atoms with E-state index in [1.807, 2.05) is 24.3 Å². The Morgan fingerprint density at radius 1 is 0.964 bits per heavy atom. The number of alkyl halides is 3. The van der Waals surface area contributed by atoms with Gasteiger partial charge in [-0.05, 0) is 50.2 Å². The van der Waals surface area contributed by atoms with Gasteiger partial charge < -0.3 is 15.5 Å². The summed E-state index contributed by atoms with van der Waals surface area (Å²) in [5.41, 5.74) is 4.46. The maximum Gasteiger partial charge on any atom is 0.442 e. The average Bonchev–Trinajstić information content (AvgIpc) is 2.88. The fraction of sp³-hybridized carbons (Fsp3) is 0.571. The van der Waals surface area contributed by atoms with E-state index < -0.39 is 18.4 Å². The molecule has 28 heavy (non-hydrogen) atoms. The zero-order valence-corrected chi connectivity index (χ0v) is 15.9. The molecule has 4 nitrogen and oxygen atoms in total. The van der Waals surface area contributed by atoms with E-state index in [4.69, 9.17) is 15.2 Å². The van der Waals surface area contributed by atoms with Gasteiger partial charge in [-0.25, -0.2) is 0 Å². The number of para-hydroxylation sites is 1. The number of hydrogen-bond acceptors (Lipinski definition) is 4. The molecule has 0 unspecified atom stereocenters. The monoisotopic (exact) mass is 396 g/mol. The van der Waals surface area contributed by atoms with Gasteiger partial charge in [-0.3, -0.25) is 4.98 Å². The first-order valence-corrected chi connectivity index (χ1v) is 9.95. The van der Waals surface area contributed by atoms with E-state index in [2.05, 4.69) is 5.32 Å². The van der Waals surface area contributed by atoms with Crippen molar-refractivity contribution >= 4 is 16.6 Å². The molecule has 3 N–H and O–H groups in total. The van der Waals surface area contributed by atoms with E-state index in [0.717, 1.165) is 48.0 Å². The van der Waals surface area contributed by atoms with E-state index in [0.29, 0.717) is 19.4 Å². The Hall–Kier alpha value is -1.86. The average molecular weight is 396 g/mol. The van der Waals surface area contributed by atoms with Crippen LogP contribution in [0.2, 0.25) is 0 Å². The molecule has 2 aromatic rings. The summed E-state index contributed by atoms with van der Waals surface area (Å²) in [5.74, 6) is -3.60. The number of nitrogens with zero attached hydrogens (tertiary/aromatic N) is 1. The number of aromatic nitrogens is 1. The topological polar surface area (TPSA) is 65.4 Å². The SMILES string of the molecule is OC(O)(CCCCCNc1c2c(nc3ccccc13)CCCCC2)C(F)(F)F. The van der Waals surface area contributed by atoms with Crippen LogP contribution in [0, 0.1) is 0 Å². The van der Waals surface area contributed by atoms with Crippen LogP contribution < -0.4 is 5.32 Å². The lowest BCUT2D eigenvalue weighted by Gasteiger charge is -2.24. The summed E-state index contributed by atoms with van der Waals surface area (Å²) in [4.78, 5) is 4.84. The highest BCUT2D eigenvalue weighted by Gasteiger charge is 2.52. The predicted octanol–water partition coefficient (Wildman–Crippen LogP) is 4.72. The van der Waals surface area contributed by atoms with Crippen LogP contribution in [0.5, 0.6) is 0 Å². The van der Waals surface area contributed by atoms with Crippen molar-refractivity contribution in [2.24, 2.45) is 0 Å². The van der Waals surface area contributed by atoms with E-state index >= 15 is 0 Å². The summed E-state index contributed by atoms with van der Waals surface area (Å²) in [7, 11) is 0. The number of anilines is 1. The van der Waals surface area contributed by atoms with Crippen molar-refractivity contribution in [3.05, 3.63) is 35.5 Å². The first-order valence-electron chi connectivity index (χ1n) is 9.95. The number of hydrogen-bond donors (Lipinski definition) is 3. The van der Waals surface area contributed by atoms with Crippen LogP contribution in [0.4, 0.5) is 18.9 Å². The number of aryl methyl sites for hydroxylation is 1. The fourth-order valence-electron chi connectivity index (χ4n) is 3.78. The van der Waals surface area contributed by atoms with Gasteiger partial charge in [0, 0.05) is 29.7 Å². The molecule has 1 aliphatic carbocycles. The third-order valence-corrected chi connectivity index (χ3v) is 5.38. The van der Waals surface area contributed by atoms with Crippen LogP contribution in [0.15, 0.2) is 24.3 Å². The number of fused-ring (bicyclic) bond motifs is 2. The summed E-state index contributed by atoms with van der Waals surface area (Å²) in [6, 6.07) is 8.01. The zero-order chi connectivity index (χ0) is 20.2. The second-order valence-corrected chi connectivity index (χ2v) is 7.54. The highest BCUT2D eigenvalue weighted by atomic mass is 19.4. The van der Waals surface area contributed by atoms with Crippen molar-refractivity contribution in [3.8, 4) is 0 Å². The molecule has 0 bridgehead atoms. The number of aliphatic hydroxyl groups is 2. The normalized spacial score (nSPS) is 15.3. The van der Waals surface area contributed by atoms with Gasteiger partial charge in [-0.1, -0.05) is 31.0 Å². The molecule has 0 saturated carbocycles. The summed E-state index contributed by atoms with van der Waals surface area (Å²) < 4.78 is 37.4. The first-order chi connectivity index (χ1) is 13.3. The molecule has 1 aliphatic rings. The third kappa shape index (κ3) is 4.75. The van der Waals surface area contributed by atoms with E-state index in [9.17, 15) is 13.2 Å². The van der Waals surface area contributed by atoms with E-state index in [-0.39, 0.29) is 6.42 Å². The number of halogens is 3. The van der Waals surface area contributed by atoms with Gasteiger partial charge in [-0.2, -0.15) is 13.2 Å². The summed E-state index contributed by atoms with van der Waals surface area (Å²) in [5, 5.41) is 22.7. The van der Waals surface area contributed by atoms with Crippen molar-refractivity contribution in [1.29, 1.82) is 0 Å². The minimum absolute atomic E-state index is 0.101. The standard InChI is InChI=1S/C21H27F3N2O2/c22-21(23,24)20(27,28)13-7-2-8-14-25-19-15-9-3-1-4-11-17(15)26-18-12-6-5-10-16(18)19/h5-6,10,12,27-28H,1-4,7-9,11,13-14H2,(H,25,26). The molecule has 3 rings (SSSR count). The quantitative estimate of drug-likeness (QED) is 0.360. The first kappa shape index (κ1) is 20.9. The molecule has 0 atom stereocenters. The van der Waals surface area contributed by atoms with Gasteiger partial charge in [-0.15, -0.1) is 0 Å². The second kappa shape index (κ2) is 8.66. The highest BCUT2D eigenvalue weighted by molar-refractivity contribution is 5.93. The molecule has 0 radical (unpaired) electrons. The van der Waals surface area contributed by atoms with Gasteiger partial charge in [0.1, 0.15) is 0 Å². The molecule has 0 aliphatic heterocycles. The van der Waals surface area contributed by atoms with Gasteiger partial charge in [0.25, 0.3) is 5.79 Å². The third-order valence-electron chi connectivity index (χ3n) is 5.38. The maximum atomic E-state index is 12.5. The van der Waals surface area contributed by atoms with Crippen LogP contribution in [-0.2, 0) is 12.8 Å². The van der Waals surface area contributed by atoms with Crippen molar-refractivity contribution in [2.45, 2.75) is 69.8 Å². The molecular formula is C21H27F3N2O2. The number of nitrogens with one attached hydrogen (secondary N) is 1. The molecule has 0 amide bonds. The van der Waals surface area contributed by atoms with Crippen LogP contribution in [-0.4, -0.2) is 33.7 Å². The molecule has 1 aromatic heterocycles. The van der Waals surface area contributed by atoms with Crippen molar-refractivity contribution < 1.29 is 23.4 Å². The highest BCUT2D eigenvalue weighted by Crippen LogP contribution is 2.34. The molecule has 0 fully saturated rings. The Morgan fingerprint density at radius 3 is 2.50 bits per heavy atom. The Morgan fingerprint density at radius 2 is 1.71 bits per heavy atom. The largest absolute Gasteiger partial charge is 0.442 e. The van der Waals surface area contributed by atoms with Crippen molar-refractivity contribution in [2.75, 3.05) is 11.9 Å². The maximum absolute atomic E-state index is 12.5. The lowest BCUT2D eigenvalue weighted by Crippen LogP contribution is -2.44. The molecular weight excluding hydrogens is 369 g/mol. The van der Waals surface area contributed by atoms with Gasteiger partial charge in [0.2, 0.25) is 0 Å². The summed E-state index contributed by atoms with van der Waals surface area (Å²) >= 11 is 0. The Kier molecular flexibility index (Phi) is 6.45. The molecule has 0 saturated heterocycles. The molecule has 7 heteroatoms. The smallest absolute Gasteiger partial charge is 0.384 e. The minimum Gasteiger partial charge on any atom is -0.384 e. The second-order valence-electron chi connectivity index (χ2n) is 7.54. The summed E-state index contributed by atoms with van der Waals surface area (Å²) in [6.07, 6.45) is 0.938. The van der Waals surface area contributed by atoms with Crippen LogP contribution in [0.25, 0.3) is 10.9 Å². The minimum atomic E-state index is -5.02. The molecule has 154 valence electrons. The van der Waals surface area contributed by atoms with Crippen molar-refractivity contribution in [3.63, 3.8) is 0 Å². The van der Waals surface area contributed by atoms with Gasteiger partial charge >= 0.3 is 6.18 Å². The molecule has 0 spiro atoms. The number of pyridine rings is 1.